The summed E-state index contributed by atoms with van der Waals surface area (Å²) in [4.78, 5) is 28.5. The Labute approximate surface area is 109 Å². The van der Waals surface area contributed by atoms with E-state index in [0.717, 1.165) is 12.8 Å². The van der Waals surface area contributed by atoms with Crippen LogP contribution in [0.2, 0.25) is 0 Å². The third-order valence-electron chi connectivity index (χ3n) is 2.84. The van der Waals surface area contributed by atoms with E-state index in [9.17, 15) is 9.59 Å². The van der Waals surface area contributed by atoms with Crippen molar-refractivity contribution in [1.82, 2.24) is 20.1 Å². The second-order valence-electron chi connectivity index (χ2n) is 4.30. The van der Waals surface area contributed by atoms with Crippen LogP contribution in [0.5, 0.6) is 0 Å². The third kappa shape index (κ3) is 3.08. The molecule has 1 atom stereocenters. The maximum atomic E-state index is 12.1. The number of morpholine rings is 1. The van der Waals surface area contributed by atoms with Crippen LogP contribution in [0.4, 0.5) is 0 Å². The fraction of sp³-hybridized carbons (Fsp3) is 0.636. The van der Waals surface area contributed by atoms with Crippen LogP contribution >= 0.6 is 0 Å². The van der Waals surface area contributed by atoms with E-state index >= 15 is 0 Å². The predicted octanol–water partition coefficient (Wildman–Crippen LogP) is -0.317. The molecule has 1 fully saturated rings. The van der Waals surface area contributed by atoms with E-state index in [2.05, 4.69) is 15.2 Å². The number of hydrogen-bond acceptors (Lipinski definition) is 5. The third-order valence-corrected chi connectivity index (χ3v) is 2.84. The molecule has 0 saturated carbocycles. The molecule has 0 aromatic carbocycles. The van der Waals surface area contributed by atoms with Crippen molar-refractivity contribution in [3.05, 3.63) is 11.6 Å². The number of nitrogens with one attached hydrogen (secondary N) is 1. The van der Waals surface area contributed by atoms with Crippen LogP contribution in [-0.4, -0.2) is 62.9 Å². The van der Waals surface area contributed by atoms with Gasteiger partial charge in [0.1, 0.15) is 5.82 Å². The normalized spacial score (nSPS) is 19.4. The van der Waals surface area contributed by atoms with Crippen LogP contribution in [0.15, 0.2) is 0 Å². The van der Waals surface area contributed by atoms with Gasteiger partial charge in [0.25, 0.3) is 5.91 Å². The fourth-order valence-electron chi connectivity index (χ4n) is 1.86. The van der Waals surface area contributed by atoms with Crippen LogP contribution in [0.1, 0.15) is 29.8 Å². The zero-order valence-corrected chi connectivity index (χ0v) is 10.6. The number of rotatable bonds is 4. The molecular weight excluding hydrogens is 252 g/mol. The van der Waals surface area contributed by atoms with E-state index in [4.69, 9.17) is 9.84 Å². The highest BCUT2D eigenvalue weighted by Gasteiger charge is 2.30. The average molecular weight is 268 g/mol. The van der Waals surface area contributed by atoms with E-state index in [1.165, 1.54) is 4.90 Å². The monoisotopic (exact) mass is 268 g/mol. The standard InChI is InChI=1S/C11H16N4O4/c1-2-3-8-12-9(14-13-8)10(16)15-4-5-19-7(6-15)11(17)18/h7H,2-6H2,1H3,(H,17,18)(H,12,13,14). The molecular formula is C11H16N4O4. The molecule has 0 radical (unpaired) electrons. The van der Waals surface area contributed by atoms with E-state index in [-0.39, 0.29) is 24.9 Å². The van der Waals surface area contributed by atoms with Crippen LogP contribution < -0.4 is 0 Å². The molecule has 104 valence electrons. The van der Waals surface area contributed by atoms with Gasteiger partial charge in [-0.05, 0) is 6.42 Å². The molecule has 1 aliphatic heterocycles. The Morgan fingerprint density at radius 3 is 3.05 bits per heavy atom. The number of hydrogen-bond donors (Lipinski definition) is 2. The minimum atomic E-state index is -1.07. The summed E-state index contributed by atoms with van der Waals surface area (Å²) in [6.07, 6.45) is 0.648. The van der Waals surface area contributed by atoms with E-state index in [0.29, 0.717) is 12.4 Å². The Hall–Kier alpha value is -1.96. The zero-order valence-electron chi connectivity index (χ0n) is 10.6. The average Bonchev–Trinajstić information content (AvgIpc) is 2.87. The highest BCUT2D eigenvalue weighted by molar-refractivity contribution is 5.91. The number of aromatic amines is 1. The predicted molar refractivity (Wildman–Crippen MR) is 63.7 cm³/mol. The minimum Gasteiger partial charge on any atom is -0.479 e. The second-order valence-corrected chi connectivity index (χ2v) is 4.30. The number of carbonyl (C=O) groups excluding carboxylic acids is 1. The Bertz CT molecular complexity index is 473. The van der Waals surface area contributed by atoms with E-state index < -0.39 is 12.1 Å². The van der Waals surface area contributed by atoms with Crippen LogP contribution in [-0.2, 0) is 16.0 Å². The first kappa shape index (κ1) is 13.5. The number of carboxylic acid groups (broad SMARTS) is 1. The molecule has 1 aliphatic rings. The minimum absolute atomic E-state index is 0.0197. The van der Waals surface area contributed by atoms with Gasteiger partial charge < -0.3 is 14.7 Å². The number of ether oxygens (including phenoxy) is 1. The molecule has 1 unspecified atom stereocenters. The van der Waals surface area contributed by atoms with Gasteiger partial charge >= 0.3 is 5.97 Å². The summed E-state index contributed by atoms with van der Waals surface area (Å²) < 4.78 is 5.06. The Morgan fingerprint density at radius 1 is 1.58 bits per heavy atom. The lowest BCUT2D eigenvalue weighted by Gasteiger charge is -2.29. The van der Waals surface area contributed by atoms with Gasteiger partial charge in [0.15, 0.2) is 6.10 Å². The topological polar surface area (TPSA) is 108 Å². The smallest absolute Gasteiger partial charge is 0.334 e. The fourth-order valence-corrected chi connectivity index (χ4v) is 1.86. The molecule has 0 spiro atoms. The summed E-state index contributed by atoms with van der Waals surface area (Å²) in [5.41, 5.74) is 0. The summed E-state index contributed by atoms with van der Waals surface area (Å²) in [6.45, 7) is 2.57. The number of aromatic nitrogens is 3. The summed E-state index contributed by atoms with van der Waals surface area (Å²) in [6, 6.07) is 0. The zero-order chi connectivity index (χ0) is 13.8. The molecule has 2 heterocycles. The van der Waals surface area contributed by atoms with Gasteiger partial charge in [-0.1, -0.05) is 6.92 Å². The van der Waals surface area contributed by atoms with Crippen LogP contribution in [0.3, 0.4) is 0 Å². The summed E-state index contributed by atoms with van der Waals surface area (Å²) in [5, 5.41) is 15.5. The van der Waals surface area contributed by atoms with Crippen molar-refractivity contribution >= 4 is 11.9 Å². The van der Waals surface area contributed by atoms with Gasteiger partial charge in [-0.3, -0.25) is 9.89 Å². The van der Waals surface area contributed by atoms with Gasteiger partial charge in [-0.15, -0.1) is 5.10 Å². The summed E-state index contributed by atoms with van der Waals surface area (Å²) in [5.74, 6) is -0.698. The van der Waals surface area contributed by atoms with Crippen molar-refractivity contribution < 1.29 is 19.4 Å². The maximum absolute atomic E-state index is 12.1. The Balaban J connectivity index is 2.03. The highest BCUT2D eigenvalue weighted by atomic mass is 16.5. The molecule has 19 heavy (non-hydrogen) atoms. The van der Waals surface area contributed by atoms with Gasteiger partial charge in [0, 0.05) is 13.0 Å². The quantitative estimate of drug-likeness (QED) is 0.775. The molecule has 1 saturated heterocycles. The number of nitrogens with zero attached hydrogens (tertiary/aromatic N) is 3. The van der Waals surface area contributed by atoms with Crippen molar-refractivity contribution in [2.45, 2.75) is 25.9 Å². The molecule has 8 nitrogen and oxygen atoms in total. The highest BCUT2D eigenvalue weighted by Crippen LogP contribution is 2.09. The number of H-pyrrole nitrogens is 1. The summed E-state index contributed by atoms with van der Waals surface area (Å²) in [7, 11) is 0. The lowest BCUT2D eigenvalue weighted by Crippen LogP contribution is -2.48. The molecule has 1 amide bonds. The second kappa shape index (κ2) is 5.79. The van der Waals surface area contributed by atoms with Gasteiger partial charge in [-0.25, -0.2) is 9.78 Å². The van der Waals surface area contributed by atoms with Crippen molar-refractivity contribution in [3.8, 4) is 0 Å². The molecule has 2 rings (SSSR count). The lowest BCUT2D eigenvalue weighted by atomic mass is 10.2. The Kier molecular flexibility index (Phi) is 4.10. The molecule has 1 aromatic heterocycles. The van der Waals surface area contributed by atoms with Crippen LogP contribution in [0, 0.1) is 0 Å². The van der Waals surface area contributed by atoms with Crippen molar-refractivity contribution in [2.75, 3.05) is 19.7 Å². The van der Waals surface area contributed by atoms with Gasteiger partial charge in [0.2, 0.25) is 5.82 Å². The number of aliphatic carboxylic acids is 1. The molecule has 0 bridgehead atoms. The number of aryl methyl sites for hydroxylation is 1. The van der Waals surface area contributed by atoms with Gasteiger partial charge in [0.05, 0.1) is 13.2 Å². The molecule has 2 N–H and O–H groups in total. The largest absolute Gasteiger partial charge is 0.479 e. The van der Waals surface area contributed by atoms with E-state index in [1.807, 2.05) is 6.92 Å². The van der Waals surface area contributed by atoms with E-state index in [1.54, 1.807) is 0 Å². The van der Waals surface area contributed by atoms with Crippen molar-refractivity contribution in [3.63, 3.8) is 0 Å². The first-order chi connectivity index (χ1) is 9.11. The van der Waals surface area contributed by atoms with Crippen LogP contribution in [0.25, 0.3) is 0 Å². The molecule has 1 aromatic rings. The lowest BCUT2D eigenvalue weighted by molar-refractivity contribution is -0.154. The number of amides is 1. The first-order valence-electron chi connectivity index (χ1n) is 6.16. The molecule has 8 heteroatoms. The summed E-state index contributed by atoms with van der Waals surface area (Å²) >= 11 is 0. The first-order valence-corrected chi connectivity index (χ1v) is 6.16. The Morgan fingerprint density at radius 2 is 2.37 bits per heavy atom. The SMILES string of the molecule is CCCc1nc(C(=O)N2CCOC(C(=O)O)C2)n[nH]1. The molecule has 0 aliphatic carbocycles. The number of carboxylic acids is 1. The number of carbonyl (C=O) groups is 2. The van der Waals surface area contributed by atoms with Gasteiger partial charge in [-0.2, -0.15) is 0 Å². The maximum Gasteiger partial charge on any atom is 0.334 e. The van der Waals surface area contributed by atoms with Crippen molar-refractivity contribution in [2.24, 2.45) is 0 Å². The van der Waals surface area contributed by atoms with Crippen molar-refractivity contribution in [1.29, 1.82) is 0 Å².